The van der Waals surface area contributed by atoms with Crippen LogP contribution in [0.1, 0.15) is 49.4 Å². The van der Waals surface area contributed by atoms with Crippen molar-refractivity contribution in [2.75, 3.05) is 32.0 Å². The van der Waals surface area contributed by atoms with Crippen molar-refractivity contribution in [3.8, 4) is 0 Å². The van der Waals surface area contributed by atoms with Crippen molar-refractivity contribution in [1.29, 1.82) is 0 Å². The fraction of sp³-hybridized carbons (Fsp3) is 0.619. The molecule has 0 aromatic heterocycles. The van der Waals surface area contributed by atoms with Crippen LogP contribution in [0.4, 0.5) is 0 Å². The van der Waals surface area contributed by atoms with Crippen LogP contribution in [0.25, 0.3) is 0 Å². The van der Waals surface area contributed by atoms with Crippen molar-refractivity contribution >= 4 is 23.6 Å². The largest absolute Gasteiger partial charge is 0.377 e. The van der Waals surface area contributed by atoms with Gasteiger partial charge in [0.05, 0.1) is 11.7 Å². The van der Waals surface area contributed by atoms with E-state index in [4.69, 9.17) is 4.74 Å². The highest BCUT2D eigenvalue weighted by Gasteiger charge is 2.21. The number of nitrogens with one attached hydrogen (secondary N) is 1. The van der Waals surface area contributed by atoms with Gasteiger partial charge in [-0.25, -0.2) is 0 Å². The second-order valence-electron chi connectivity index (χ2n) is 7.54. The van der Waals surface area contributed by atoms with Crippen LogP contribution in [0.15, 0.2) is 29.2 Å². The van der Waals surface area contributed by atoms with E-state index in [1.807, 2.05) is 29.2 Å². The molecule has 1 aromatic carbocycles. The molecule has 27 heavy (non-hydrogen) atoms. The molecule has 3 rings (SSSR count). The predicted molar refractivity (Wildman–Crippen MR) is 108 cm³/mol. The van der Waals surface area contributed by atoms with Crippen molar-refractivity contribution in [3.05, 3.63) is 29.8 Å². The Hall–Kier alpha value is -1.53. The average molecular weight is 391 g/mol. The summed E-state index contributed by atoms with van der Waals surface area (Å²) in [6, 6.07) is 7.66. The Balaban J connectivity index is 1.46. The summed E-state index contributed by atoms with van der Waals surface area (Å²) >= 11 is 1.67. The number of nitrogens with zero attached hydrogens (tertiary/aromatic N) is 1. The lowest BCUT2D eigenvalue weighted by Gasteiger charge is -2.31. The van der Waals surface area contributed by atoms with Gasteiger partial charge >= 0.3 is 0 Å². The number of likely N-dealkylation sites (tertiary alicyclic amines) is 1. The summed E-state index contributed by atoms with van der Waals surface area (Å²) in [5, 5.41) is 2.92. The molecule has 0 bridgehead atoms. The molecular weight excluding hydrogens is 360 g/mol. The van der Waals surface area contributed by atoms with E-state index >= 15 is 0 Å². The molecule has 0 spiro atoms. The Kier molecular flexibility index (Phi) is 7.59. The monoisotopic (exact) mass is 390 g/mol. The third-order valence-corrected chi connectivity index (χ3v) is 6.42. The summed E-state index contributed by atoms with van der Waals surface area (Å²) in [5.74, 6) is 1.48. The van der Waals surface area contributed by atoms with Gasteiger partial charge in [-0.1, -0.05) is 19.1 Å². The molecule has 2 amide bonds. The number of amides is 2. The minimum Gasteiger partial charge on any atom is -0.377 e. The highest BCUT2D eigenvalue weighted by molar-refractivity contribution is 7.99. The number of carbonyl (C=O) groups is 2. The first-order valence-electron chi connectivity index (χ1n) is 10.0. The molecule has 148 valence electrons. The first kappa shape index (κ1) is 20.2. The fourth-order valence-corrected chi connectivity index (χ4v) is 4.81. The van der Waals surface area contributed by atoms with E-state index in [1.54, 1.807) is 11.8 Å². The predicted octanol–water partition coefficient (Wildman–Crippen LogP) is 3.34. The third-order valence-electron chi connectivity index (χ3n) is 5.21. The number of benzene rings is 1. The van der Waals surface area contributed by atoms with Crippen molar-refractivity contribution in [2.24, 2.45) is 5.92 Å². The highest BCUT2D eigenvalue weighted by atomic mass is 32.2. The maximum absolute atomic E-state index is 12.6. The third kappa shape index (κ3) is 5.98. The van der Waals surface area contributed by atoms with E-state index in [9.17, 15) is 9.59 Å². The molecule has 1 aromatic rings. The second-order valence-corrected chi connectivity index (χ2v) is 8.60. The lowest BCUT2D eigenvalue weighted by atomic mass is 10.00. The molecule has 2 aliphatic rings. The number of carbonyl (C=O) groups excluding carboxylic acids is 2. The Morgan fingerprint density at radius 1 is 1.26 bits per heavy atom. The average Bonchev–Trinajstić information content (AvgIpc) is 3.20. The fourth-order valence-electron chi connectivity index (χ4n) is 3.69. The maximum Gasteiger partial charge on any atom is 0.252 e. The number of piperidine rings is 1. The molecule has 2 atom stereocenters. The van der Waals surface area contributed by atoms with Gasteiger partial charge in [0.15, 0.2) is 0 Å². The number of rotatable bonds is 7. The molecule has 2 fully saturated rings. The van der Waals surface area contributed by atoms with Gasteiger partial charge in [-0.15, -0.1) is 11.8 Å². The van der Waals surface area contributed by atoms with Crippen LogP contribution < -0.4 is 5.32 Å². The Bertz CT molecular complexity index is 646. The van der Waals surface area contributed by atoms with Gasteiger partial charge in [-0.2, -0.15) is 0 Å². The van der Waals surface area contributed by atoms with E-state index < -0.39 is 0 Å². The topological polar surface area (TPSA) is 58.6 Å². The lowest BCUT2D eigenvalue weighted by molar-refractivity contribution is -0.132. The van der Waals surface area contributed by atoms with E-state index in [1.165, 1.54) is 6.42 Å². The standard InChI is InChI=1S/C21H30N2O3S/c1-16-6-4-12-23(14-16)20(24)10-11-22-21(25)18-8-2-3-9-19(18)27-15-17-7-5-13-26-17/h2-3,8-9,16-17H,4-7,10-15H2,1H3,(H,22,25). The first-order chi connectivity index (χ1) is 13.1. The Morgan fingerprint density at radius 3 is 2.89 bits per heavy atom. The second kappa shape index (κ2) is 10.1. The van der Waals surface area contributed by atoms with Crippen molar-refractivity contribution in [2.45, 2.75) is 50.0 Å². The Morgan fingerprint density at radius 2 is 2.11 bits per heavy atom. The summed E-state index contributed by atoms with van der Waals surface area (Å²) in [6.45, 7) is 5.10. The quantitative estimate of drug-likeness (QED) is 0.726. The van der Waals surface area contributed by atoms with Gasteiger partial charge in [0.2, 0.25) is 5.91 Å². The van der Waals surface area contributed by atoms with Gasteiger partial charge in [-0.3, -0.25) is 9.59 Å². The van der Waals surface area contributed by atoms with Gasteiger partial charge in [-0.05, 0) is 43.7 Å². The summed E-state index contributed by atoms with van der Waals surface area (Å²) in [7, 11) is 0. The van der Waals surface area contributed by atoms with Gasteiger partial charge < -0.3 is 15.0 Å². The van der Waals surface area contributed by atoms with E-state index in [0.717, 1.165) is 49.6 Å². The number of ether oxygens (including phenoxy) is 1. The van der Waals surface area contributed by atoms with Crippen molar-refractivity contribution < 1.29 is 14.3 Å². The van der Waals surface area contributed by atoms with E-state index in [-0.39, 0.29) is 17.9 Å². The molecular formula is C21H30N2O3S. The minimum absolute atomic E-state index is 0.106. The van der Waals surface area contributed by atoms with Crippen molar-refractivity contribution in [3.63, 3.8) is 0 Å². The molecule has 0 radical (unpaired) electrons. The number of hydrogen-bond acceptors (Lipinski definition) is 4. The zero-order valence-corrected chi connectivity index (χ0v) is 16.9. The van der Waals surface area contributed by atoms with Crippen LogP contribution in [0.2, 0.25) is 0 Å². The smallest absolute Gasteiger partial charge is 0.252 e. The molecule has 2 heterocycles. The van der Waals surface area contributed by atoms with E-state index in [2.05, 4.69) is 12.2 Å². The highest BCUT2D eigenvalue weighted by Crippen LogP contribution is 2.26. The normalized spacial score (nSPS) is 22.6. The zero-order valence-electron chi connectivity index (χ0n) is 16.1. The van der Waals surface area contributed by atoms with Crippen LogP contribution in [0.5, 0.6) is 0 Å². The molecule has 5 nitrogen and oxygen atoms in total. The van der Waals surface area contributed by atoms with Gasteiger partial charge in [0.1, 0.15) is 0 Å². The summed E-state index contributed by atoms with van der Waals surface area (Å²) in [4.78, 5) is 27.8. The lowest BCUT2D eigenvalue weighted by Crippen LogP contribution is -2.40. The van der Waals surface area contributed by atoms with Crippen molar-refractivity contribution in [1.82, 2.24) is 10.2 Å². The van der Waals surface area contributed by atoms with Crippen LogP contribution in [-0.2, 0) is 9.53 Å². The van der Waals surface area contributed by atoms with Gasteiger partial charge in [0, 0.05) is 43.3 Å². The molecule has 6 heteroatoms. The van der Waals surface area contributed by atoms with Crippen LogP contribution in [0.3, 0.4) is 0 Å². The number of thioether (sulfide) groups is 1. The van der Waals surface area contributed by atoms with Crippen LogP contribution in [-0.4, -0.2) is 54.8 Å². The minimum atomic E-state index is -0.106. The molecule has 2 unspecified atom stereocenters. The SMILES string of the molecule is CC1CCCN(C(=O)CCNC(=O)c2ccccc2SCC2CCCO2)C1. The number of hydrogen-bond donors (Lipinski definition) is 1. The van der Waals surface area contributed by atoms with E-state index in [0.29, 0.717) is 24.4 Å². The molecule has 1 N–H and O–H groups in total. The summed E-state index contributed by atoms with van der Waals surface area (Å²) in [5.41, 5.74) is 0.680. The van der Waals surface area contributed by atoms with Crippen LogP contribution in [0, 0.1) is 5.92 Å². The zero-order chi connectivity index (χ0) is 19.1. The molecule has 2 saturated heterocycles. The summed E-state index contributed by atoms with van der Waals surface area (Å²) in [6.07, 6.45) is 5.14. The van der Waals surface area contributed by atoms with Gasteiger partial charge in [0.25, 0.3) is 5.91 Å². The van der Waals surface area contributed by atoms with Crippen LogP contribution >= 0.6 is 11.8 Å². The first-order valence-corrected chi connectivity index (χ1v) is 11.0. The molecule has 2 aliphatic heterocycles. The molecule has 0 saturated carbocycles. The molecule has 0 aliphatic carbocycles. The summed E-state index contributed by atoms with van der Waals surface area (Å²) < 4.78 is 5.67. The maximum atomic E-state index is 12.6. The Labute approximate surface area is 166 Å².